The summed E-state index contributed by atoms with van der Waals surface area (Å²) in [7, 11) is 0. The average molecular weight is 364 g/mol. The Morgan fingerprint density at radius 2 is 1.78 bits per heavy atom. The fraction of sp³-hybridized carbons (Fsp3) is 0.143. The van der Waals surface area contributed by atoms with Gasteiger partial charge in [0.15, 0.2) is 0 Å². The molecule has 94 valence electrons. The molecule has 2 rings (SSSR count). The molecule has 18 heavy (non-hydrogen) atoms. The molecule has 0 aliphatic carbocycles. The Morgan fingerprint density at radius 1 is 1.06 bits per heavy atom. The van der Waals surface area contributed by atoms with E-state index >= 15 is 0 Å². The van der Waals surface area contributed by atoms with Crippen molar-refractivity contribution >= 4 is 50.7 Å². The lowest BCUT2D eigenvalue weighted by Gasteiger charge is -2.13. The molecule has 2 aromatic rings. The minimum absolute atomic E-state index is 0.312. The molecular formula is C14H10BrCl3. The van der Waals surface area contributed by atoms with Crippen molar-refractivity contribution in [2.24, 2.45) is 0 Å². The van der Waals surface area contributed by atoms with Crippen LogP contribution in [0.4, 0.5) is 0 Å². The van der Waals surface area contributed by atoms with E-state index in [2.05, 4.69) is 15.9 Å². The molecule has 4 heteroatoms. The zero-order valence-electron chi connectivity index (χ0n) is 9.55. The van der Waals surface area contributed by atoms with Gasteiger partial charge in [-0.15, -0.1) is 11.6 Å². The van der Waals surface area contributed by atoms with E-state index in [4.69, 9.17) is 34.8 Å². The molecule has 0 aliphatic heterocycles. The van der Waals surface area contributed by atoms with E-state index in [1.165, 1.54) is 5.56 Å². The zero-order chi connectivity index (χ0) is 13.3. The van der Waals surface area contributed by atoms with Gasteiger partial charge in [-0.3, -0.25) is 0 Å². The summed E-state index contributed by atoms with van der Waals surface area (Å²) in [4.78, 5) is 0. The van der Waals surface area contributed by atoms with Crippen molar-refractivity contribution in [2.45, 2.75) is 12.3 Å². The van der Waals surface area contributed by atoms with Crippen LogP contribution in [-0.4, -0.2) is 0 Å². The first-order valence-electron chi connectivity index (χ1n) is 5.34. The minimum atomic E-state index is -0.312. The van der Waals surface area contributed by atoms with Gasteiger partial charge in [-0.2, -0.15) is 0 Å². The first kappa shape index (κ1) is 14.2. The first-order chi connectivity index (χ1) is 8.49. The number of benzene rings is 2. The Balaban J connectivity index is 2.44. The quantitative estimate of drug-likeness (QED) is 0.541. The summed E-state index contributed by atoms with van der Waals surface area (Å²) in [5, 5.41) is 0.940. The van der Waals surface area contributed by atoms with E-state index < -0.39 is 0 Å². The van der Waals surface area contributed by atoms with E-state index in [0.29, 0.717) is 10.0 Å². The van der Waals surface area contributed by atoms with E-state index in [0.717, 1.165) is 15.6 Å². The summed E-state index contributed by atoms with van der Waals surface area (Å²) in [5.41, 5.74) is 2.97. The highest BCUT2D eigenvalue weighted by Crippen LogP contribution is 2.36. The summed E-state index contributed by atoms with van der Waals surface area (Å²) >= 11 is 22.1. The van der Waals surface area contributed by atoms with Crippen molar-refractivity contribution in [3.63, 3.8) is 0 Å². The van der Waals surface area contributed by atoms with E-state index in [1.54, 1.807) is 18.2 Å². The molecule has 0 bridgehead atoms. The van der Waals surface area contributed by atoms with Gasteiger partial charge in [0.2, 0.25) is 0 Å². The predicted molar refractivity (Wildman–Crippen MR) is 83.0 cm³/mol. The Morgan fingerprint density at radius 3 is 2.44 bits per heavy atom. The minimum Gasteiger partial charge on any atom is -0.113 e. The third-order valence-electron chi connectivity index (χ3n) is 2.72. The molecule has 0 saturated heterocycles. The molecule has 1 atom stereocenters. The molecule has 1 unspecified atom stereocenters. The van der Waals surface area contributed by atoms with Gasteiger partial charge < -0.3 is 0 Å². The molecule has 2 aromatic carbocycles. The topological polar surface area (TPSA) is 0 Å². The van der Waals surface area contributed by atoms with Crippen molar-refractivity contribution in [1.29, 1.82) is 0 Å². The maximum absolute atomic E-state index is 6.47. The van der Waals surface area contributed by atoms with E-state index in [-0.39, 0.29) is 5.38 Å². The maximum atomic E-state index is 6.47. The molecule has 0 amide bonds. The molecule has 0 fully saturated rings. The Bertz CT molecular complexity index is 581. The predicted octanol–water partition coefficient (Wildman–Crippen LogP) is 6.39. The Hall–Kier alpha value is -0.210. The number of alkyl halides is 1. The van der Waals surface area contributed by atoms with Crippen LogP contribution in [0.3, 0.4) is 0 Å². The molecule has 0 radical (unpaired) electrons. The third kappa shape index (κ3) is 3.03. The van der Waals surface area contributed by atoms with Gasteiger partial charge in [-0.05, 0) is 47.9 Å². The van der Waals surface area contributed by atoms with Crippen molar-refractivity contribution in [1.82, 2.24) is 0 Å². The summed E-state index contributed by atoms with van der Waals surface area (Å²) < 4.78 is 1.03. The summed E-state index contributed by atoms with van der Waals surface area (Å²) in [5.74, 6) is 0. The molecule has 0 aliphatic rings. The van der Waals surface area contributed by atoms with Gasteiger partial charge in [0, 0.05) is 14.5 Å². The van der Waals surface area contributed by atoms with Crippen LogP contribution in [0, 0.1) is 6.92 Å². The summed E-state index contributed by atoms with van der Waals surface area (Å²) in [6.45, 7) is 2.03. The van der Waals surface area contributed by atoms with Crippen LogP contribution in [0.25, 0.3) is 0 Å². The van der Waals surface area contributed by atoms with Gasteiger partial charge in [0.05, 0.1) is 5.38 Å². The van der Waals surface area contributed by atoms with Crippen LogP contribution in [0.5, 0.6) is 0 Å². The average Bonchev–Trinajstić information content (AvgIpc) is 2.35. The highest BCUT2D eigenvalue weighted by atomic mass is 79.9. The highest BCUT2D eigenvalue weighted by Gasteiger charge is 2.15. The van der Waals surface area contributed by atoms with Crippen LogP contribution in [0.1, 0.15) is 22.1 Å². The standard InChI is InChI=1S/C14H10BrCl3/c1-8-2-3-9(6-12(8)15)14(18)11-7-10(16)4-5-13(11)17/h2-7,14H,1H3. The SMILES string of the molecule is Cc1ccc(C(Cl)c2cc(Cl)ccc2Cl)cc1Br. The molecule has 0 spiro atoms. The van der Waals surface area contributed by atoms with Gasteiger partial charge in [0.1, 0.15) is 0 Å². The summed E-state index contributed by atoms with van der Waals surface area (Å²) in [6, 6.07) is 11.3. The number of hydrogen-bond acceptors (Lipinski definition) is 0. The van der Waals surface area contributed by atoms with E-state index in [1.807, 2.05) is 25.1 Å². The van der Waals surface area contributed by atoms with Gasteiger partial charge in [-0.25, -0.2) is 0 Å². The zero-order valence-corrected chi connectivity index (χ0v) is 13.4. The smallest absolute Gasteiger partial charge is 0.0850 e. The maximum Gasteiger partial charge on any atom is 0.0850 e. The molecular weight excluding hydrogens is 354 g/mol. The second-order valence-corrected chi connectivity index (χ2v) is 6.17. The van der Waals surface area contributed by atoms with Crippen molar-refractivity contribution in [3.05, 3.63) is 67.6 Å². The third-order valence-corrected chi connectivity index (χ3v) is 4.64. The van der Waals surface area contributed by atoms with Crippen molar-refractivity contribution in [3.8, 4) is 0 Å². The van der Waals surface area contributed by atoms with Crippen molar-refractivity contribution in [2.75, 3.05) is 0 Å². The van der Waals surface area contributed by atoms with Crippen LogP contribution in [0.2, 0.25) is 10.0 Å². The Kier molecular flexibility index (Phi) is 4.60. The lowest BCUT2D eigenvalue weighted by molar-refractivity contribution is 1.13. The van der Waals surface area contributed by atoms with Crippen LogP contribution >= 0.6 is 50.7 Å². The monoisotopic (exact) mass is 362 g/mol. The van der Waals surface area contributed by atoms with Crippen LogP contribution < -0.4 is 0 Å². The van der Waals surface area contributed by atoms with Crippen LogP contribution in [-0.2, 0) is 0 Å². The normalized spacial score (nSPS) is 12.5. The van der Waals surface area contributed by atoms with Crippen molar-refractivity contribution < 1.29 is 0 Å². The van der Waals surface area contributed by atoms with Crippen LogP contribution in [0.15, 0.2) is 40.9 Å². The number of hydrogen-bond donors (Lipinski definition) is 0. The fourth-order valence-corrected chi connectivity index (χ4v) is 2.83. The van der Waals surface area contributed by atoms with Gasteiger partial charge >= 0.3 is 0 Å². The lowest BCUT2D eigenvalue weighted by atomic mass is 10.0. The fourth-order valence-electron chi connectivity index (χ4n) is 1.66. The van der Waals surface area contributed by atoms with E-state index in [9.17, 15) is 0 Å². The molecule has 0 nitrogen and oxygen atoms in total. The Labute approximate surface area is 130 Å². The second-order valence-electron chi connectivity index (χ2n) is 4.04. The molecule has 0 N–H and O–H groups in total. The first-order valence-corrected chi connectivity index (χ1v) is 7.32. The van der Waals surface area contributed by atoms with Gasteiger partial charge in [-0.1, -0.05) is 51.3 Å². The second kappa shape index (κ2) is 5.83. The lowest BCUT2D eigenvalue weighted by Crippen LogP contribution is -1.95. The molecule has 0 saturated carbocycles. The molecule has 0 heterocycles. The number of rotatable bonds is 2. The summed E-state index contributed by atoms with van der Waals surface area (Å²) in [6.07, 6.45) is 0. The van der Waals surface area contributed by atoms with Gasteiger partial charge in [0.25, 0.3) is 0 Å². The largest absolute Gasteiger partial charge is 0.113 e. The molecule has 0 aromatic heterocycles. The highest BCUT2D eigenvalue weighted by molar-refractivity contribution is 9.10. The number of halogens is 4. The number of aryl methyl sites for hydroxylation is 1.